The van der Waals surface area contributed by atoms with E-state index in [0.717, 1.165) is 16.0 Å². The highest BCUT2D eigenvalue weighted by Gasteiger charge is 2.29. The van der Waals surface area contributed by atoms with Gasteiger partial charge in [-0.25, -0.2) is 0 Å². The van der Waals surface area contributed by atoms with Crippen LogP contribution in [0.5, 0.6) is 0 Å². The number of halogens is 2. The van der Waals surface area contributed by atoms with Gasteiger partial charge in [0.25, 0.3) is 0 Å². The maximum atomic E-state index is 6.08. The summed E-state index contributed by atoms with van der Waals surface area (Å²) in [4.78, 5) is 2.48. The van der Waals surface area contributed by atoms with E-state index in [9.17, 15) is 0 Å². The third kappa shape index (κ3) is 2.84. The second-order valence-electron chi connectivity index (χ2n) is 4.65. The first-order valence-corrected chi connectivity index (χ1v) is 7.21. The summed E-state index contributed by atoms with van der Waals surface area (Å²) in [6.07, 6.45) is 2.52. The first-order valence-electron chi connectivity index (χ1n) is 6.04. The van der Waals surface area contributed by atoms with E-state index >= 15 is 0 Å². The Hall–Kier alpha value is -0.0900. The molecule has 0 saturated carbocycles. The third-order valence-corrected chi connectivity index (χ3v) is 4.50. The molecule has 0 bridgehead atoms. The fourth-order valence-electron chi connectivity index (χ4n) is 2.63. The van der Waals surface area contributed by atoms with E-state index in [2.05, 4.69) is 27.8 Å². The van der Waals surface area contributed by atoms with E-state index < -0.39 is 0 Å². The molecule has 0 radical (unpaired) electrons. The first-order chi connectivity index (χ1) is 8.13. The Morgan fingerprint density at radius 1 is 1.59 bits per heavy atom. The Kier molecular flexibility index (Phi) is 4.47. The normalized spacial score (nSPS) is 22.9. The summed E-state index contributed by atoms with van der Waals surface area (Å²) in [5.41, 5.74) is 7.16. The monoisotopic (exact) mass is 316 g/mol. The smallest absolute Gasteiger partial charge is 0.0484 e. The molecule has 2 N–H and O–H groups in total. The number of rotatable bonds is 3. The lowest BCUT2D eigenvalue weighted by molar-refractivity contribution is 0.195. The molecule has 0 aliphatic carbocycles. The van der Waals surface area contributed by atoms with E-state index in [1.165, 1.54) is 18.4 Å². The highest BCUT2D eigenvalue weighted by Crippen LogP contribution is 2.33. The molecular weight excluding hydrogens is 300 g/mol. The first kappa shape index (κ1) is 13.3. The Balaban J connectivity index is 2.31. The highest BCUT2D eigenvalue weighted by atomic mass is 79.9. The zero-order chi connectivity index (χ0) is 12.4. The lowest BCUT2D eigenvalue weighted by atomic mass is 10.0. The molecule has 0 spiro atoms. The molecule has 0 aromatic heterocycles. The molecule has 94 valence electrons. The van der Waals surface area contributed by atoms with Crippen molar-refractivity contribution < 1.29 is 0 Å². The molecule has 0 amide bonds. The highest BCUT2D eigenvalue weighted by molar-refractivity contribution is 9.10. The van der Waals surface area contributed by atoms with Crippen molar-refractivity contribution in [1.29, 1.82) is 0 Å². The quantitative estimate of drug-likeness (QED) is 0.923. The van der Waals surface area contributed by atoms with E-state index in [0.29, 0.717) is 12.6 Å². The minimum atomic E-state index is 0.264. The second-order valence-corrected chi connectivity index (χ2v) is 5.94. The van der Waals surface area contributed by atoms with Crippen LogP contribution in [0.4, 0.5) is 0 Å². The number of hydrogen-bond acceptors (Lipinski definition) is 2. The fraction of sp³-hybridized carbons (Fsp3) is 0.538. The number of likely N-dealkylation sites (tertiary alicyclic amines) is 1. The van der Waals surface area contributed by atoms with Crippen molar-refractivity contribution in [3.05, 3.63) is 33.3 Å². The van der Waals surface area contributed by atoms with E-state index in [4.69, 9.17) is 17.3 Å². The number of nitrogens with zero attached hydrogens (tertiary/aromatic N) is 1. The van der Waals surface area contributed by atoms with E-state index in [1.54, 1.807) is 0 Å². The predicted octanol–water partition coefficient (Wildman–Crippen LogP) is 3.59. The molecule has 1 heterocycles. The van der Waals surface area contributed by atoms with Crippen LogP contribution < -0.4 is 5.73 Å². The van der Waals surface area contributed by atoms with Crippen molar-refractivity contribution in [2.75, 3.05) is 13.1 Å². The van der Waals surface area contributed by atoms with E-state index in [-0.39, 0.29) is 6.04 Å². The van der Waals surface area contributed by atoms with Gasteiger partial charge < -0.3 is 5.73 Å². The summed E-state index contributed by atoms with van der Waals surface area (Å²) in [7, 11) is 0. The standard InChI is InChI=1S/C13H18BrClN2/c1-9-3-2-6-17(9)13(8-16)11-7-10(15)4-5-12(11)14/h4-5,7,9,13H,2-3,6,8,16H2,1H3. The molecule has 2 nitrogen and oxygen atoms in total. The van der Waals surface area contributed by atoms with Gasteiger partial charge in [-0.2, -0.15) is 0 Å². The lowest BCUT2D eigenvalue weighted by Crippen LogP contribution is -2.36. The van der Waals surface area contributed by atoms with Gasteiger partial charge in [-0.15, -0.1) is 0 Å². The average molecular weight is 318 g/mol. The molecule has 1 aromatic carbocycles. The Bertz CT molecular complexity index is 397. The molecule has 1 aliphatic heterocycles. The molecular formula is C13H18BrClN2. The summed E-state index contributed by atoms with van der Waals surface area (Å²) >= 11 is 9.68. The van der Waals surface area contributed by atoms with Gasteiger partial charge in [-0.3, -0.25) is 4.90 Å². The van der Waals surface area contributed by atoms with Crippen LogP contribution in [0.25, 0.3) is 0 Å². The Labute approximate surface area is 116 Å². The van der Waals surface area contributed by atoms with Crippen LogP contribution in [0.15, 0.2) is 22.7 Å². The van der Waals surface area contributed by atoms with Crippen molar-refractivity contribution in [1.82, 2.24) is 4.90 Å². The molecule has 2 rings (SSSR count). The van der Waals surface area contributed by atoms with E-state index in [1.807, 2.05) is 18.2 Å². The van der Waals surface area contributed by atoms with Crippen LogP contribution in [0.3, 0.4) is 0 Å². The summed E-state index contributed by atoms with van der Waals surface area (Å²) in [6.45, 7) is 4.03. The Morgan fingerprint density at radius 3 is 2.94 bits per heavy atom. The van der Waals surface area contributed by atoms with Gasteiger partial charge in [0.05, 0.1) is 0 Å². The van der Waals surface area contributed by atoms with Gasteiger partial charge in [0, 0.05) is 28.1 Å². The van der Waals surface area contributed by atoms with Crippen LogP contribution in [0.2, 0.25) is 5.02 Å². The largest absolute Gasteiger partial charge is 0.329 e. The van der Waals surface area contributed by atoms with Crippen molar-refractivity contribution in [2.24, 2.45) is 5.73 Å². The molecule has 1 aliphatic rings. The predicted molar refractivity (Wildman–Crippen MR) is 76.3 cm³/mol. The zero-order valence-corrected chi connectivity index (χ0v) is 12.3. The van der Waals surface area contributed by atoms with Crippen molar-refractivity contribution in [2.45, 2.75) is 31.8 Å². The maximum Gasteiger partial charge on any atom is 0.0484 e. The van der Waals surface area contributed by atoms with Gasteiger partial charge in [0.15, 0.2) is 0 Å². The molecule has 2 atom stereocenters. The molecule has 4 heteroatoms. The molecule has 1 fully saturated rings. The van der Waals surface area contributed by atoms with Crippen LogP contribution in [0.1, 0.15) is 31.4 Å². The summed E-state index contributed by atoms with van der Waals surface area (Å²) in [5, 5.41) is 0.772. The molecule has 17 heavy (non-hydrogen) atoms. The number of nitrogens with two attached hydrogens (primary N) is 1. The maximum absolute atomic E-state index is 6.08. The minimum Gasteiger partial charge on any atom is -0.329 e. The Morgan fingerprint density at radius 2 is 2.35 bits per heavy atom. The van der Waals surface area contributed by atoms with Gasteiger partial charge >= 0.3 is 0 Å². The summed E-state index contributed by atoms with van der Waals surface area (Å²) in [5.74, 6) is 0. The molecule has 1 aromatic rings. The fourth-order valence-corrected chi connectivity index (χ4v) is 3.32. The second kappa shape index (κ2) is 5.70. The topological polar surface area (TPSA) is 29.3 Å². The minimum absolute atomic E-state index is 0.264. The van der Waals surface area contributed by atoms with Crippen LogP contribution in [0, 0.1) is 0 Å². The summed E-state index contributed by atoms with van der Waals surface area (Å²) in [6, 6.07) is 6.79. The van der Waals surface area contributed by atoms with Crippen molar-refractivity contribution >= 4 is 27.5 Å². The van der Waals surface area contributed by atoms with Gasteiger partial charge in [0.2, 0.25) is 0 Å². The lowest BCUT2D eigenvalue weighted by Gasteiger charge is -2.31. The van der Waals surface area contributed by atoms with Gasteiger partial charge in [-0.1, -0.05) is 27.5 Å². The van der Waals surface area contributed by atoms with Crippen LogP contribution in [-0.2, 0) is 0 Å². The number of hydrogen-bond donors (Lipinski definition) is 1. The third-order valence-electron chi connectivity index (χ3n) is 3.55. The van der Waals surface area contributed by atoms with Gasteiger partial charge in [-0.05, 0) is 50.1 Å². The summed E-state index contributed by atoms with van der Waals surface area (Å²) < 4.78 is 1.09. The number of benzene rings is 1. The van der Waals surface area contributed by atoms with Crippen LogP contribution >= 0.6 is 27.5 Å². The van der Waals surface area contributed by atoms with Gasteiger partial charge in [0.1, 0.15) is 0 Å². The average Bonchev–Trinajstić information content (AvgIpc) is 2.71. The van der Waals surface area contributed by atoms with Crippen LogP contribution in [-0.4, -0.2) is 24.0 Å². The molecule has 1 saturated heterocycles. The van der Waals surface area contributed by atoms with Crippen molar-refractivity contribution in [3.63, 3.8) is 0 Å². The zero-order valence-electron chi connectivity index (χ0n) is 10.00. The SMILES string of the molecule is CC1CCCN1C(CN)c1cc(Cl)ccc1Br. The molecule has 2 unspecified atom stereocenters. The van der Waals surface area contributed by atoms with Crippen molar-refractivity contribution in [3.8, 4) is 0 Å².